The van der Waals surface area contributed by atoms with Crippen LogP contribution >= 0.6 is 30.8 Å². The fraction of sp³-hybridized carbons (Fsp3) is 0. The van der Waals surface area contributed by atoms with Crippen molar-refractivity contribution in [2.45, 2.75) is 0 Å². The molecule has 0 aliphatic rings. The van der Waals surface area contributed by atoms with E-state index in [0.717, 1.165) is 8.19 Å². The minimum absolute atomic E-state index is 0.950. The van der Waals surface area contributed by atoms with E-state index in [1.807, 2.05) is 0 Å². The first-order chi connectivity index (χ1) is 2.89. The molecule has 0 amide bonds. The van der Waals surface area contributed by atoms with Gasteiger partial charge in [0.1, 0.15) is 0 Å². The van der Waals surface area contributed by atoms with Crippen molar-refractivity contribution < 1.29 is 0 Å². The topological polar surface area (TPSA) is 0 Å². The lowest BCUT2D eigenvalue weighted by Gasteiger charge is -1.64. The third-order valence-corrected chi connectivity index (χ3v) is 2.66. The van der Waals surface area contributed by atoms with Crippen LogP contribution in [0.3, 0.4) is 0 Å². The van der Waals surface area contributed by atoms with E-state index in [2.05, 4.69) is 40.5 Å². The van der Waals surface area contributed by atoms with Crippen LogP contribution < -0.4 is 0 Å². The molecule has 1 aromatic rings. The van der Waals surface area contributed by atoms with Crippen LogP contribution in [0.2, 0.25) is 0 Å². The molecule has 1 atom stereocenters. The number of hydrogen-bond donors (Lipinski definition) is 0. The van der Waals surface area contributed by atoms with E-state index < -0.39 is 0 Å². The first-order valence-electron chi connectivity index (χ1n) is 1.68. The maximum atomic E-state index is 2.34. The van der Waals surface area contributed by atoms with E-state index in [4.69, 9.17) is 0 Å². The van der Waals surface area contributed by atoms with E-state index in [-0.39, 0.29) is 0 Å². The smallest absolute Gasteiger partial charge is 0.0292 e. The van der Waals surface area contributed by atoms with Gasteiger partial charge in [-0.1, -0.05) is 6.07 Å². The van der Waals surface area contributed by atoms with Gasteiger partial charge in [-0.2, -0.15) is 0 Å². The van der Waals surface area contributed by atoms with Crippen molar-refractivity contribution in [3.63, 3.8) is 0 Å². The van der Waals surface area contributed by atoms with E-state index >= 15 is 0 Å². The highest BCUT2D eigenvalue weighted by Crippen LogP contribution is 2.15. The number of rotatable bonds is 0. The summed E-state index contributed by atoms with van der Waals surface area (Å²) in [5, 5.41) is 0. The van der Waals surface area contributed by atoms with Crippen molar-refractivity contribution in [1.29, 1.82) is 0 Å². The fourth-order valence-corrected chi connectivity index (χ4v) is 1.60. The van der Waals surface area contributed by atoms with Gasteiger partial charge in [-0.25, -0.2) is 0 Å². The normalized spacial score (nSPS) is 10.2. The molecule has 0 aliphatic heterocycles. The quantitative estimate of drug-likeness (QED) is 0.576. The van der Waals surface area contributed by atoms with Gasteiger partial charge in [0.2, 0.25) is 0 Å². The molecule has 0 N–H and O–H groups in total. The van der Waals surface area contributed by atoms with Gasteiger partial charge in [0, 0.05) is 3.30 Å². The van der Waals surface area contributed by atoms with Crippen molar-refractivity contribution in [1.82, 2.24) is 0 Å². The molecule has 0 aliphatic carbocycles. The number of halogens is 1. The zero-order valence-electron chi connectivity index (χ0n) is 3.11. The Balaban J connectivity index is 3.05. The van der Waals surface area contributed by atoms with Gasteiger partial charge < -0.3 is 0 Å². The van der Waals surface area contributed by atoms with Crippen LogP contribution in [0.1, 0.15) is 0 Å². The summed E-state index contributed by atoms with van der Waals surface area (Å²) in [4.78, 5) is 0. The average molecular weight is 210 g/mol. The molecule has 1 unspecified atom stereocenters. The molecule has 32 valence electrons. The third kappa shape index (κ3) is 0.985. The predicted octanol–water partition coefficient (Wildman–Crippen LogP) is 2.32. The highest BCUT2D eigenvalue weighted by atomic mass is 127. The summed E-state index contributed by atoms with van der Waals surface area (Å²) in [6, 6.07) is 4.24. The van der Waals surface area contributed by atoms with Gasteiger partial charge in [0.25, 0.3) is 0 Å². The second-order valence-corrected chi connectivity index (χ2v) is 4.36. The average Bonchev–Trinajstić information content (AvgIpc) is 1.86. The molecular weight excluding hydrogens is 206 g/mol. The molecule has 1 aromatic heterocycles. The Kier molecular flexibility index (Phi) is 1.54. The molecule has 0 fully saturated rings. The van der Waals surface area contributed by atoms with Crippen LogP contribution in [-0.4, -0.2) is 0 Å². The molecule has 0 aromatic carbocycles. The molecule has 1 heterocycles. The number of hydrogen-bond acceptors (Lipinski definition) is 0. The van der Waals surface area contributed by atoms with E-state index in [9.17, 15) is 0 Å². The lowest BCUT2D eigenvalue weighted by molar-refractivity contribution is 1.97. The van der Waals surface area contributed by atoms with Crippen LogP contribution in [0.5, 0.6) is 0 Å². The zero-order valence-corrected chi connectivity index (χ0v) is 6.27. The summed E-state index contributed by atoms with van der Waals surface area (Å²) in [5.74, 6) is 2.18. The summed E-state index contributed by atoms with van der Waals surface area (Å²) >= 11 is 2.34. The van der Waals surface area contributed by atoms with Crippen LogP contribution in [0.25, 0.3) is 0 Å². The third-order valence-electron chi connectivity index (χ3n) is 0.560. The largest absolute Gasteiger partial charge is 0.126 e. The minimum Gasteiger partial charge on any atom is -0.126 e. The SMILES string of the molecule is Ic1ccc[pH]1. The Labute approximate surface area is 52.2 Å². The summed E-state index contributed by atoms with van der Waals surface area (Å²) in [6.45, 7) is 0. The second kappa shape index (κ2) is 1.99. The maximum Gasteiger partial charge on any atom is 0.0292 e. The van der Waals surface area contributed by atoms with Crippen molar-refractivity contribution in [3.8, 4) is 0 Å². The van der Waals surface area contributed by atoms with E-state index in [1.165, 1.54) is 3.30 Å². The lowest BCUT2D eigenvalue weighted by Crippen LogP contribution is -1.36. The second-order valence-electron chi connectivity index (χ2n) is 1.02. The van der Waals surface area contributed by atoms with Gasteiger partial charge in [0.15, 0.2) is 0 Å². The summed E-state index contributed by atoms with van der Waals surface area (Å²) in [6.07, 6.45) is 0. The molecule has 0 radical (unpaired) electrons. The Morgan fingerprint density at radius 2 is 2.50 bits per heavy atom. The highest BCUT2D eigenvalue weighted by Gasteiger charge is 1.75. The highest BCUT2D eigenvalue weighted by molar-refractivity contribution is 14.1. The molecule has 0 nitrogen and oxygen atoms in total. The van der Waals surface area contributed by atoms with Crippen molar-refractivity contribution in [2.75, 3.05) is 0 Å². The molecule has 0 saturated heterocycles. The van der Waals surface area contributed by atoms with E-state index in [0.29, 0.717) is 0 Å². The molecule has 0 saturated carbocycles. The molecule has 1 rings (SSSR count). The molecule has 6 heavy (non-hydrogen) atoms. The maximum absolute atomic E-state index is 2.34. The van der Waals surface area contributed by atoms with Gasteiger partial charge in [0.05, 0.1) is 0 Å². The molecule has 2 heteroatoms. The first-order valence-corrected chi connectivity index (χ1v) is 3.84. The van der Waals surface area contributed by atoms with Crippen molar-refractivity contribution in [3.05, 3.63) is 21.2 Å². The zero-order chi connectivity index (χ0) is 4.41. The summed E-state index contributed by atoms with van der Waals surface area (Å²) in [5.41, 5.74) is 0. The van der Waals surface area contributed by atoms with Gasteiger partial charge >= 0.3 is 0 Å². The first kappa shape index (κ1) is 4.66. The standard InChI is InChI=1S/C4H4IP/c5-4-2-1-3-6-4/h1-3,6H. The van der Waals surface area contributed by atoms with Crippen LogP contribution in [0.4, 0.5) is 0 Å². The van der Waals surface area contributed by atoms with Gasteiger partial charge in [-0.05, 0) is 34.5 Å². The molecular formula is C4H4IP. The Morgan fingerprint density at radius 3 is 2.67 bits per heavy atom. The Hall–Kier alpha value is 0.510. The van der Waals surface area contributed by atoms with Crippen LogP contribution in [0, 0.1) is 3.30 Å². The Morgan fingerprint density at radius 1 is 1.67 bits per heavy atom. The van der Waals surface area contributed by atoms with Crippen molar-refractivity contribution >= 4 is 30.8 Å². The Bertz CT molecular complexity index is 111. The summed E-state index contributed by atoms with van der Waals surface area (Å²) < 4.78 is 1.47. The van der Waals surface area contributed by atoms with Crippen LogP contribution in [-0.2, 0) is 0 Å². The molecule has 0 bridgehead atoms. The molecule has 0 spiro atoms. The van der Waals surface area contributed by atoms with E-state index in [1.54, 1.807) is 0 Å². The summed E-state index contributed by atoms with van der Waals surface area (Å²) in [7, 11) is 0.950. The predicted molar refractivity (Wildman–Crippen MR) is 38.7 cm³/mol. The minimum atomic E-state index is 0.950. The fourth-order valence-electron chi connectivity index (χ4n) is 0.308. The van der Waals surface area contributed by atoms with Crippen molar-refractivity contribution in [2.24, 2.45) is 0 Å². The van der Waals surface area contributed by atoms with Crippen LogP contribution in [0.15, 0.2) is 17.9 Å². The lowest BCUT2D eigenvalue weighted by atomic mass is 10.7. The van der Waals surface area contributed by atoms with Gasteiger partial charge in [-0.15, -0.1) is 8.19 Å². The monoisotopic (exact) mass is 210 g/mol. The van der Waals surface area contributed by atoms with Gasteiger partial charge in [-0.3, -0.25) is 0 Å².